The fourth-order valence-corrected chi connectivity index (χ4v) is 2.49. The van der Waals surface area contributed by atoms with Crippen LogP contribution in [0, 0.1) is 11.8 Å². The van der Waals surface area contributed by atoms with E-state index in [1.54, 1.807) is 0 Å². The van der Waals surface area contributed by atoms with Crippen LogP contribution in [0.5, 0.6) is 0 Å². The number of hydrogen-bond acceptors (Lipinski definition) is 5. The number of rotatable bonds is 2. The Labute approximate surface area is 98.8 Å². The molecule has 2 aliphatic rings. The van der Waals surface area contributed by atoms with Crippen LogP contribution in [0.15, 0.2) is 11.1 Å². The molecule has 5 nitrogen and oxygen atoms in total. The second kappa shape index (κ2) is 4.31. The van der Waals surface area contributed by atoms with Crippen molar-refractivity contribution in [2.75, 3.05) is 7.11 Å². The molecule has 0 amide bonds. The van der Waals surface area contributed by atoms with Gasteiger partial charge in [0.2, 0.25) is 0 Å². The lowest BCUT2D eigenvalue weighted by molar-refractivity contribution is -0.153. The maximum atomic E-state index is 11.6. The molecular formula is C12H14O5. The zero-order valence-electron chi connectivity index (χ0n) is 9.82. The summed E-state index contributed by atoms with van der Waals surface area (Å²) in [5.74, 6) is -2.31. The van der Waals surface area contributed by atoms with Crippen molar-refractivity contribution >= 4 is 17.9 Å². The number of ether oxygens (including phenoxy) is 2. The summed E-state index contributed by atoms with van der Waals surface area (Å²) in [5, 5.41) is 0. The highest BCUT2D eigenvalue weighted by atomic mass is 16.6. The van der Waals surface area contributed by atoms with Gasteiger partial charge in [-0.25, -0.2) is 4.79 Å². The molecule has 0 bridgehead atoms. The van der Waals surface area contributed by atoms with Gasteiger partial charge >= 0.3 is 17.9 Å². The van der Waals surface area contributed by atoms with Gasteiger partial charge in [0.25, 0.3) is 0 Å². The van der Waals surface area contributed by atoms with E-state index >= 15 is 0 Å². The van der Waals surface area contributed by atoms with Crippen LogP contribution in [-0.2, 0) is 23.9 Å². The molecule has 2 atom stereocenters. The number of fused-ring (bicyclic) bond motifs is 1. The van der Waals surface area contributed by atoms with Crippen molar-refractivity contribution in [3.05, 3.63) is 11.1 Å². The molecule has 0 unspecified atom stereocenters. The number of methoxy groups -OCH3 is 1. The third-order valence-corrected chi connectivity index (χ3v) is 3.47. The predicted molar refractivity (Wildman–Crippen MR) is 56.6 cm³/mol. The molecule has 1 saturated heterocycles. The Kier molecular flexibility index (Phi) is 3.00. The number of carbonyl (C=O) groups excluding carboxylic acids is 3. The lowest BCUT2D eigenvalue weighted by Crippen LogP contribution is -2.27. The first kappa shape index (κ1) is 11.8. The zero-order chi connectivity index (χ0) is 12.6. The van der Waals surface area contributed by atoms with Crippen molar-refractivity contribution in [1.82, 2.24) is 0 Å². The minimum absolute atomic E-state index is 0.255. The van der Waals surface area contributed by atoms with Gasteiger partial charge in [-0.15, -0.1) is 0 Å². The van der Waals surface area contributed by atoms with Gasteiger partial charge in [0.05, 0.1) is 18.9 Å². The number of hydrogen-bond donors (Lipinski definition) is 0. The fraction of sp³-hybridized carbons (Fsp3) is 0.583. The molecule has 1 heterocycles. The van der Waals surface area contributed by atoms with E-state index in [0.29, 0.717) is 18.4 Å². The Morgan fingerprint density at radius 2 is 1.88 bits per heavy atom. The van der Waals surface area contributed by atoms with Crippen LogP contribution >= 0.6 is 0 Å². The summed E-state index contributed by atoms with van der Waals surface area (Å²) in [6.07, 6.45) is 1.36. The van der Waals surface area contributed by atoms with E-state index in [1.165, 1.54) is 7.11 Å². The summed E-state index contributed by atoms with van der Waals surface area (Å²) in [6, 6.07) is 0. The molecule has 1 aliphatic heterocycles. The summed E-state index contributed by atoms with van der Waals surface area (Å²) in [4.78, 5) is 34.5. The fourth-order valence-electron chi connectivity index (χ4n) is 2.49. The number of carbonyl (C=O) groups is 3. The van der Waals surface area contributed by atoms with E-state index < -0.39 is 29.7 Å². The van der Waals surface area contributed by atoms with Gasteiger partial charge in [-0.3, -0.25) is 9.59 Å². The smallest absolute Gasteiger partial charge is 0.333 e. The maximum Gasteiger partial charge on any atom is 0.333 e. The topological polar surface area (TPSA) is 69.7 Å². The highest BCUT2D eigenvalue weighted by Crippen LogP contribution is 2.40. The Morgan fingerprint density at radius 1 is 1.29 bits per heavy atom. The van der Waals surface area contributed by atoms with Gasteiger partial charge < -0.3 is 9.47 Å². The largest absolute Gasteiger partial charge is 0.466 e. The van der Waals surface area contributed by atoms with Gasteiger partial charge in [0.1, 0.15) is 0 Å². The molecule has 0 aromatic carbocycles. The molecule has 5 heteroatoms. The standard InChI is InChI=1S/C12H14O5/c1-3-6-4-8-9(12(15)17-11(8)14)5-7(6)10(13)16-2/h8-9H,3-5H2,1-2H3/t8-,9+/m1/s1. The first-order valence-electron chi connectivity index (χ1n) is 5.63. The van der Waals surface area contributed by atoms with Gasteiger partial charge in [0.15, 0.2) is 0 Å². The highest BCUT2D eigenvalue weighted by Gasteiger charge is 2.48. The van der Waals surface area contributed by atoms with Crippen LogP contribution in [0.25, 0.3) is 0 Å². The van der Waals surface area contributed by atoms with Crippen LogP contribution in [0.2, 0.25) is 0 Å². The Bertz CT molecular complexity index is 421. The van der Waals surface area contributed by atoms with Crippen molar-refractivity contribution in [3.63, 3.8) is 0 Å². The molecule has 0 aromatic heterocycles. The number of allylic oxidation sites excluding steroid dienone is 1. The molecule has 0 saturated carbocycles. The Hall–Kier alpha value is -1.65. The summed E-state index contributed by atoms with van der Waals surface area (Å²) in [6.45, 7) is 1.92. The van der Waals surface area contributed by atoms with Crippen LogP contribution in [0.1, 0.15) is 26.2 Å². The first-order chi connectivity index (χ1) is 8.08. The summed E-state index contributed by atoms with van der Waals surface area (Å²) < 4.78 is 9.30. The van der Waals surface area contributed by atoms with Crippen LogP contribution in [0.3, 0.4) is 0 Å². The first-order valence-corrected chi connectivity index (χ1v) is 5.63. The van der Waals surface area contributed by atoms with Crippen LogP contribution in [0.4, 0.5) is 0 Å². The molecule has 1 aliphatic carbocycles. The minimum atomic E-state index is -0.517. The molecule has 1 fully saturated rings. The molecule has 0 aromatic rings. The second-order valence-electron chi connectivity index (χ2n) is 4.29. The lowest BCUT2D eigenvalue weighted by atomic mass is 9.76. The minimum Gasteiger partial charge on any atom is -0.466 e. The predicted octanol–water partition coefficient (Wildman–Crippen LogP) is 0.976. The van der Waals surface area contributed by atoms with Crippen LogP contribution in [-0.4, -0.2) is 25.0 Å². The van der Waals surface area contributed by atoms with Crippen molar-refractivity contribution < 1.29 is 23.9 Å². The molecule has 0 N–H and O–H groups in total. The lowest BCUT2D eigenvalue weighted by Gasteiger charge is -2.24. The molecular weight excluding hydrogens is 224 g/mol. The normalized spacial score (nSPS) is 27.9. The second-order valence-corrected chi connectivity index (χ2v) is 4.29. The third-order valence-electron chi connectivity index (χ3n) is 3.47. The van der Waals surface area contributed by atoms with Crippen molar-refractivity contribution in [2.45, 2.75) is 26.2 Å². The van der Waals surface area contributed by atoms with Gasteiger partial charge in [0, 0.05) is 5.57 Å². The van der Waals surface area contributed by atoms with E-state index in [9.17, 15) is 14.4 Å². The van der Waals surface area contributed by atoms with E-state index in [4.69, 9.17) is 4.74 Å². The summed E-state index contributed by atoms with van der Waals surface area (Å²) in [5.41, 5.74) is 1.42. The third kappa shape index (κ3) is 1.85. The number of esters is 3. The van der Waals surface area contributed by atoms with Crippen LogP contribution < -0.4 is 0 Å². The van der Waals surface area contributed by atoms with Gasteiger partial charge in [-0.05, 0) is 19.3 Å². The quantitative estimate of drug-likeness (QED) is 0.529. The average molecular weight is 238 g/mol. The SMILES string of the molecule is CCC1=C(C(=O)OC)C[C@@H]2C(=O)OC(=O)[C@@H]2C1. The highest BCUT2D eigenvalue weighted by molar-refractivity contribution is 5.99. The molecule has 0 spiro atoms. The van der Waals surface area contributed by atoms with Crippen molar-refractivity contribution in [2.24, 2.45) is 11.8 Å². The zero-order valence-corrected chi connectivity index (χ0v) is 9.82. The van der Waals surface area contributed by atoms with E-state index in [1.807, 2.05) is 6.92 Å². The van der Waals surface area contributed by atoms with E-state index in [-0.39, 0.29) is 6.42 Å². The molecule has 2 rings (SSSR count). The van der Waals surface area contributed by atoms with Crippen molar-refractivity contribution in [1.29, 1.82) is 0 Å². The Balaban J connectivity index is 2.33. The molecule has 92 valence electrons. The Morgan fingerprint density at radius 3 is 2.41 bits per heavy atom. The van der Waals surface area contributed by atoms with E-state index in [2.05, 4.69) is 4.74 Å². The maximum absolute atomic E-state index is 11.6. The van der Waals surface area contributed by atoms with E-state index in [0.717, 1.165) is 5.57 Å². The molecule has 0 radical (unpaired) electrons. The summed E-state index contributed by atoms with van der Waals surface area (Å²) >= 11 is 0. The van der Waals surface area contributed by atoms with Crippen molar-refractivity contribution in [3.8, 4) is 0 Å². The van der Waals surface area contributed by atoms with Gasteiger partial charge in [-0.1, -0.05) is 12.5 Å². The average Bonchev–Trinajstić information content (AvgIpc) is 2.62. The monoisotopic (exact) mass is 238 g/mol. The van der Waals surface area contributed by atoms with Gasteiger partial charge in [-0.2, -0.15) is 0 Å². The summed E-state index contributed by atoms with van der Waals surface area (Å²) in [7, 11) is 1.31. The number of cyclic esters (lactones) is 2. The molecule has 17 heavy (non-hydrogen) atoms.